The number of rotatable bonds is 4. The van der Waals surface area contributed by atoms with Crippen molar-refractivity contribution in [1.82, 2.24) is 10.1 Å². The maximum atomic E-state index is 11.3. The van der Waals surface area contributed by atoms with Crippen LogP contribution >= 0.6 is 0 Å². The Hall–Kier alpha value is -2.89. The molecule has 0 fully saturated rings. The second kappa shape index (κ2) is 5.00. The number of aromatic carboxylic acids is 1. The summed E-state index contributed by atoms with van der Waals surface area (Å²) in [4.78, 5) is 15.1. The van der Waals surface area contributed by atoms with E-state index in [0.717, 1.165) is 10.8 Å². The molecule has 0 aliphatic carbocycles. The van der Waals surface area contributed by atoms with E-state index in [1.54, 1.807) is 6.07 Å². The Morgan fingerprint density at radius 3 is 2.85 bits per heavy atom. The van der Waals surface area contributed by atoms with Crippen LogP contribution in [0.15, 0.2) is 47.3 Å². The Kier molecular flexibility index (Phi) is 3.04. The molecule has 0 saturated heterocycles. The highest BCUT2D eigenvalue weighted by atomic mass is 16.5. The lowest BCUT2D eigenvalue weighted by molar-refractivity contribution is 0.0692. The first-order valence-corrected chi connectivity index (χ1v) is 5.89. The van der Waals surface area contributed by atoms with Crippen molar-refractivity contribution in [3.63, 3.8) is 0 Å². The molecular weight excluding hydrogens is 260 g/mol. The van der Waals surface area contributed by atoms with Gasteiger partial charge in [0, 0.05) is 5.39 Å². The third-order valence-electron chi connectivity index (χ3n) is 2.86. The minimum atomic E-state index is -1.04. The molecule has 0 spiro atoms. The predicted molar refractivity (Wildman–Crippen MR) is 69.5 cm³/mol. The lowest BCUT2D eigenvalue weighted by atomic mass is 10.1. The van der Waals surface area contributed by atoms with E-state index in [2.05, 4.69) is 14.7 Å². The number of carbonyl (C=O) groups is 1. The van der Waals surface area contributed by atoms with Crippen LogP contribution in [0.5, 0.6) is 5.75 Å². The van der Waals surface area contributed by atoms with Gasteiger partial charge in [0.25, 0.3) is 0 Å². The summed E-state index contributed by atoms with van der Waals surface area (Å²) in [7, 11) is 0. The van der Waals surface area contributed by atoms with Gasteiger partial charge in [-0.15, -0.1) is 0 Å². The Bertz CT molecular complexity index is 753. The molecule has 1 N–H and O–H groups in total. The standard InChI is InChI=1S/C14H10N2O4/c17-14(18)11-6-5-9-3-1-2-4-10(9)13(11)19-7-12-15-8-20-16-12/h1-6,8H,7H2,(H,17,18). The van der Waals surface area contributed by atoms with Crippen molar-refractivity contribution in [3.8, 4) is 5.75 Å². The van der Waals surface area contributed by atoms with Crippen molar-refractivity contribution >= 4 is 16.7 Å². The smallest absolute Gasteiger partial charge is 0.339 e. The third kappa shape index (κ3) is 2.18. The highest BCUT2D eigenvalue weighted by molar-refractivity contribution is 6.00. The van der Waals surface area contributed by atoms with Gasteiger partial charge in [-0.1, -0.05) is 35.5 Å². The number of fused-ring (bicyclic) bond motifs is 1. The molecule has 3 aromatic rings. The van der Waals surface area contributed by atoms with Gasteiger partial charge in [-0.2, -0.15) is 4.98 Å². The maximum absolute atomic E-state index is 11.3. The van der Waals surface area contributed by atoms with E-state index in [1.165, 1.54) is 12.5 Å². The zero-order valence-corrected chi connectivity index (χ0v) is 10.3. The lowest BCUT2D eigenvalue weighted by Gasteiger charge is -2.10. The summed E-state index contributed by atoms with van der Waals surface area (Å²) >= 11 is 0. The van der Waals surface area contributed by atoms with Gasteiger partial charge in [0.1, 0.15) is 11.3 Å². The molecule has 0 amide bonds. The average Bonchev–Trinajstić information content (AvgIpc) is 2.97. The number of hydrogen-bond acceptors (Lipinski definition) is 5. The summed E-state index contributed by atoms with van der Waals surface area (Å²) in [5, 5.41) is 14.5. The predicted octanol–water partition coefficient (Wildman–Crippen LogP) is 2.50. The number of benzene rings is 2. The summed E-state index contributed by atoms with van der Waals surface area (Å²) in [6.45, 7) is 0.0464. The molecule has 3 rings (SSSR count). The van der Waals surface area contributed by atoms with Crippen LogP contribution in [-0.2, 0) is 6.61 Å². The van der Waals surface area contributed by atoms with Gasteiger partial charge in [-0.25, -0.2) is 4.79 Å². The molecule has 2 aromatic carbocycles. The fourth-order valence-corrected chi connectivity index (χ4v) is 1.96. The summed E-state index contributed by atoms with van der Waals surface area (Å²) in [5.41, 5.74) is 0.104. The van der Waals surface area contributed by atoms with Crippen LogP contribution in [0.1, 0.15) is 16.2 Å². The van der Waals surface area contributed by atoms with Gasteiger partial charge < -0.3 is 14.4 Å². The first-order chi connectivity index (χ1) is 9.75. The summed E-state index contributed by atoms with van der Waals surface area (Å²) in [6, 6.07) is 10.7. The fourth-order valence-electron chi connectivity index (χ4n) is 1.96. The number of carboxylic acids is 1. The van der Waals surface area contributed by atoms with Gasteiger partial charge in [-0.05, 0) is 11.5 Å². The van der Waals surface area contributed by atoms with Gasteiger partial charge in [0.05, 0.1) is 0 Å². The van der Waals surface area contributed by atoms with E-state index in [1.807, 2.05) is 24.3 Å². The summed E-state index contributed by atoms with van der Waals surface area (Å²) < 4.78 is 10.2. The highest BCUT2D eigenvalue weighted by Crippen LogP contribution is 2.30. The maximum Gasteiger partial charge on any atom is 0.339 e. The fraction of sp³-hybridized carbons (Fsp3) is 0.0714. The van der Waals surface area contributed by atoms with Crippen LogP contribution in [0, 0.1) is 0 Å². The monoisotopic (exact) mass is 270 g/mol. The first kappa shape index (κ1) is 12.2. The zero-order chi connectivity index (χ0) is 13.9. The van der Waals surface area contributed by atoms with E-state index < -0.39 is 5.97 Å². The van der Waals surface area contributed by atoms with Crippen LogP contribution in [-0.4, -0.2) is 21.2 Å². The molecule has 6 heteroatoms. The number of hydrogen-bond donors (Lipinski definition) is 1. The molecule has 0 bridgehead atoms. The quantitative estimate of drug-likeness (QED) is 0.783. The van der Waals surface area contributed by atoms with Crippen LogP contribution in [0.25, 0.3) is 10.8 Å². The SMILES string of the molecule is O=C(O)c1ccc2ccccc2c1OCc1ncon1. The van der Waals surface area contributed by atoms with E-state index in [0.29, 0.717) is 11.6 Å². The van der Waals surface area contributed by atoms with Crippen molar-refractivity contribution in [2.45, 2.75) is 6.61 Å². The molecular formula is C14H10N2O4. The van der Waals surface area contributed by atoms with E-state index in [-0.39, 0.29) is 12.2 Å². The number of ether oxygens (including phenoxy) is 1. The summed E-state index contributed by atoms with van der Waals surface area (Å²) in [6.07, 6.45) is 1.19. The van der Waals surface area contributed by atoms with Crippen molar-refractivity contribution < 1.29 is 19.2 Å². The highest BCUT2D eigenvalue weighted by Gasteiger charge is 2.15. The number of nitrogens with zero attached hydrogens (tertiary/aromatic N) is 2. The number of carboxylic acid groups (broad SMARTS) is 1. The van der Waals surface area contributed by atoms with Gasteiger partial charge >= 0.3 is 5.97 Å². The van der Waals surface area contributed by atoms with Crippen LogP contribution in [0.4, 0.5) is 0 Å². The topological polar surface area (TPSA) is 85.5 Å². The van der Waals surface area contributed by atoms with Gasteiger partial charge in [0.15, 0.2) is 6.61 Å². The van der Waals surface area contributed by atoms with Crippen molar-refractivity contribution in [1.29, 1.82) is 0 Å². The van der Waals surface area contributed by atoms with Gasteiger partial charge in [0.2, 0.25) is 12.2 Å². The molecule has 1 heterocycles. The van der Waals surface area contributed by atoms with Crippen molar-refractivity contribution in [2.24, 2.45) is 0 Å². The Morgan fingerprint density at radius 2 is 2.10 bits per heavy atom. The molecule has 1 aromatic heterocycles. The van der Waals surface area contributed by atoms with E-state index >= 15 is 0 Å². The molecule has 100 valence electrons. The van der Waals surface area contributed by atoms with Crippen LogP contribution < -0.4 is 4.74 Å². The third-order valence-corrected chi connectivity index (χ3v) is 2.86. The minimum Gasteiger partial charge on any atom is -0.484 e. The second-order valence-electron chi connectivity index (χ2n) is 4.10. The van der Waals surface area contributed by atoms with E-state index in [4.69, 9.17) is 4.74 Å². The molecule has 20 heavy (non-hydrogen) atoms. The van der Waals surface area contributed by atoms with Gasteiger partial charge in [-0.3, -0.25) is 0 Å². The second-order valence-corrected chi connectivity index (χ2v) is 4.10. The molecule has 0 unspecified atom stereocenters. The van der Waals surface area contributed by atoms with Crippen molar-refractivity contribution in [3.05, 3.63) is 54.2 Å². The average molecular weight is 270 g/mol. The molecule has 0 aliphatic rings. The van der Waals surface area contributed by atoms with Crippen molar-refractivity contribution in [2.75, 3.05) is 0 Å². The molecule has 6 nitrogen and oxygen atoms in total. The molecule has 0 radical (unpaired) electrons. The van der Waals surface area contributed by atoms with E-state index in [9.17, 15) is 9.90 Å². The largest absolute Gasteiger partial charge is 0.484 e. The normalized spacial score (nSPS) is 10.6. The lowest BCUT2D eigenvalue weighted by Crippen LogP contribution is -2.05. The first-order valence-electron chi connectivity index (χ1n) is 5.89. The Balaban J connectivity index is 2.05. The van der Waals surface area contributed by atoms with Crippen LogP contribution in [0.3, 0.4) is 0 Å². The molecule has 0 aliphatic heterocycles. The number of aromatic nitrogens is 2. The molecule has 0 atom stereocenters. The summed E-state index contributed by atoms with van der Waals surface area (Å²) in [5.74, 6) is -0.381. The Labute approximate surface area is 113 Å². The van der Waals surface area contributed by atoms with Crippen LogP contribution in [0.2, 0.25) is 0 Å². The minimum absolute atomic E-state index is 0.0464. The molecule has 0 saturated carbocycles. The zero-order valence-electron chi connectivity index (χ0n) is 10.3. The Morgan fingerprint density at radius 1 is 1.25 bits per heavy atom.